The number of alkyl halides is 9. The first-order chi connectivity index (χ1) is 10.6. The monoisotopic (exact) mass is 370 g/mol. The van der Waals surface area contributed by atoms with Crippen molar-refractivity contribution in [3.8, 4) is 0 Å². The van der Waals surface area contributed by atoms with E-state index in [1.807, 2.05) is 0 Å². The molecule has 1 aliphatic carbocycles. The van der Waals surface area contributed by atoms with E-state index in [4.69, 9.17) is 0 Å². The van der Waals surface area contributed by atoms with E-state index in [0.717, 1.165) is 18.2 Å². The molecule has 1 aromatic carbocycles. The van der Waals surface area contributed by atoms with Crippen molar-refractivity contribution < 1.29 is 49.0 Å². The number of hydrogen-bond donors (Lipinski definition) is 1. The summed E-state index contributed by atoms with van der Waals surface area (Å²) in [5.74, 6) is -27.4. The molecule has 0 amide bonds. The van der Waals surface area contributed by atoms with Gasteiger partial charge in [0.1, 0.15) is 5.82 Å². The zero-order valence-corrected chi connectivity index (χ0v) is 11.3. The molecule has 1 N–H and O–H groups in total. The van der Waals surface area contributed by atoms with Crippen LogP contribution in [-0.4, -0.2) is 34.5 Å². The minimum Gasteiger partial charge on any atom is -0.388 e. The molecule has 1 atom stereocenters. The third-order valence-electron chi connectivity index (χ3n) is 3.89. The molecule has 0 saturated heterocycles. The van der Waals surface area contributed by atoms with E-state index in [2.05, 4.69) is 0 Å². The highest BCUT2D eigenvalue weighted by atomic mass is 19.4. The van der Waals surface area contributed by atoms with E-state index >= 15 is 0 Å². The zero-order chi connectivity index (χ0) is 18.8. The maximum atomic E-state index is 14.2. The minimum atomic E-state index is -6.69. The Labute approximate surface area is 127 Å². The molecule has 1 saturated carbocycles. The second-order valence-electron chi connectivity index (χ2n) is 5.37. The average molecular weight is 370 g/mol. The Morgan fingerprint density at radius 3 is 1.67 bits per heavy atom. The number of aliphatic hydroxyl groups excluding tert-OH is 1. The fourth-order valence-electron chi connectivity index (χ4n) is 2.44. The van der Waals surface area contributed by atoms with Crippen LogP contribution in [0, 0.1) is 5.82 Å². The Balaban J connectivity index is 2.51. The van der Waals surface area contributed by atoms with Crippen molar-refractivity contribution in [1.82, 2.24) is 0 Å². The summed E-state index contributed by atoms with van der Waals surface area (Å²) in [7, 11) is 0. The van der Waals surface area contributed by atoms with E-state index in [9.17, 15) is 49.0 Å². The predicted molar refractivity (Wildman–Crippen MR) is 59.6 cm³/mol. The molecule has 11 heteroatoms. The van der Waals surface area contributed by atoms with Gasteiger partial charge >= 0.3 is 23.7 Å². The Bertz CT molecular complexity index is 615. The van der Waals surface area contributed by atoms with E-state index in [0.29, 0.717) is 6.07 Å². The summed E-state index contributed by atoms with van der Waals surface area (Å²) in [6, 6.07) is 2.89. The molecule has 1 aromatic rings. The van der Waals surface area contributed by atoms with E-state index in [-0.39, 0.29) is 0 Å². The van der Waals surface area contributed by atoms with Gasteiger partial charge in [0.05, 0.1) is 6.10 Å². The van der Waals surface area contributed by atoms with Gasteiger partial charge in [0, 0.05) is 6.42 Å². The standard InChI is InChI=1S/C13H8F10O/c14-7-3-1-2-6(4-7)8(24)5-9(15)10(16,17)12(20,21)13(22,23)11(9,18)19/h1-4,8,24H,5H2. The Morgan fingerprint density at radius 2 is 1.25 bits per heavy atom. The lowest BCUT2D eigenvalue weighted by atomic mass is 9.88. The maximum Gasteiger partial charge on any atom is 0.381 e. The molecule has 1 aliphatic rings. The fourth-order valence-corrected chi connectivity index (χ4v) is 2.44. The van der Waals surface area contributed by atoms with Crippen LogP contribution in [0.5, 0.6) is 0 Å². The van der Waals surface area contributed by atoms with Crippen LogP contribution in [0.3, 0.4) is 0 Å². The molecule has 1 nitrogen and oxygen atoms in total. The Morgan fingerprint density at radius 1 is 0.792 bits per heavy atom. The van der Waals surface area contributed by atoms with Crippen LogP contribution in [0.4, 0.5) is 43.9 Å². The second-order valence-corrected chi connectivity index (χ2v) is 5.37. The van der Waals surface area contributed by atoms with Gasteiger partial charge in [0.25, 0.3) is 5.67 Å². The Kier molecular flexibility index (Phi) is 3.91. The van der Waals surface area contributed by atoms with E-state index in [1.54, 1.807) is 0 Å². The van der Waals surface area contributed by atoms with Crippen molar-refractivity contribution in [3.63, 3.8) is 0 Å². The van der Waals surface area contributed by atoms with Crippen molar-refractivity contribution in [2.45, 2.75) is 41.9 Å². The molecule has 0 aliphatic heterocycles. The van der Waals surface area contributed by atoms with Gasteiger partial charge in [-0.1, -0.05) is 12.1 Å². The highest BCUT2D eigenvalue weighted by Crippen LogP contribution is 2.70. The van der Waals surface area contributed by atoms with E-state index < -0.39 is 53.3 Å². The van der Waals surface area contributed by atoms with Gasteiger partial charge in [0.2, 0.25) is 0 Å². The molecule has 0 bridgehead atoms. The molecule has 0 heterocycles. The van der Waals surface area contributed by atoms with Crippen LogP contribution in [0.2, 0.25) is 0 Å². The van der Waals surface area contributed by atoms with Crippen LogP contribution in [0.15, 0.2) is 24.3 Å². The normalized spacial score (nSPS) is 27.0. The van der Waals surface area contributed by atoms with Gasteiger partial charge in [0.15, 0.2) is 0 Å². The minimum absolute atomic E-state index is 0.426. The summed E-state index contributed by atoms with van der Waals surface area (Å²) in [5.41, 5.74) is -6.49. The smallest absolute Gasteiger partial charge is 0.381 e. The fraction of sp³-hybridized carbons (Fsp3) is 0.538. The molecule has 1 fully saturated rings. The highest BCUT2D eigenvalue weighted by molar-refractivity contribution is 5.29. The van der Waals surface area contributed by atoms with Gasteiger partial charge in [-0.25, -0.2) is 8.78 Å². The van der Waals surface area contributed by atoms with Crippen LogP contribution < -0.4 is 0 Å². The van der Waals surface area contributed by atoms with E-state index in [1.165, 1.54) is 0 Å². The first-order valence-electron chi connectivity index (χ1n) is 6.27. The SMILES string of the molecule is OC(CC1(F)C(F)(F)C(F)(F)C(F)(F)C1(F)F)c1cccc(F)c1. The lowest BCUT2D eigenvalue weighted by Gasteiger charge is -2.32. The quantitative estimate of drug-likeness (QED) is 0.777. The van der Waals surface area contributed by atoms with Crippen molar-refractivity contribution in [1.29, 1.82) is 0 Å². The lowest BCUT2D eigenvalue weighted by molar-refractivity contribution is -0.303. The highest BCUT2D eigenvalue weighted by Gasteiger charge is 3.00. The molecular weight excluding hydrogens is 362 g/mol. The topological polar surface area (TPSA) is 20.2 Å². The lowest BCUT2D eigenvalue weighted by Crippen LogP contribution is -2.55. The third kappa shape index (κ3) is 1.99. The van der Waals surface area contributed by atoms with Crippen LogP contribution in [0.25, 0.3) is 0 Å². The van der Waals surface area contributed by atoms with Gasteiger partial charge < -0.3 is 5.11 Å². The predicted octanol–water partition coefficient (Wildman–Crippen LogP) is 4.51. The molecule has 2 rings (SSSR count). The Hall–Kier alpha value is -1.52. The molecule has 0 radical (unpaired) electrons. The number of aliphatic hydroxyl groups is 1. The zero-order valence-electron chi connectivity index (χ0n) is 11.3. The summed E-state index contributed by atoms with van der Waals surface area (Å²) in [6.07, 6.45) is -5.16. The van der Waals surface area contributed by atoms with Crippen LogP contribution in [-0.2, 0) is 0 Å². The average Bonchev–Trinajstić information content (AvgIpc) is 2.49. The van der Waals surface area contributed by atoms with Gasteiger partial charge in [-0.15, -0.1) is 0 Å². The van der Waals surface area contributed by atoms with Crippen molar-refractivity contribution in [2.75, 3.05) is 0 Å². The van der Waals surface area contributed by atoms with Crippen molar-refractivity contribution >= 4 is 0 Å². The molecule has 0 aromatic heterocycles. The molecular formula is C13H8F10O. The number of benzene rings is 1. The maximum absolute atomic E-state index is 14.2. The van der Waals surface area contributed by atoms with Crippen LogP contribution >= 0.6 is 0 Å². The van der Waals surface area contributed by atoms with Crippen molar-refractivity contribution in [3.05, 3.63) is 35.6 Å². The largest absolute Gasteiger partial charge is 0.388 e. The first-order valence-corrected chi connectivity index (χ1v) is 6.27. The summed E-state index contributed by atoms with van der Waals surface area (Å²) in [5, 5.41) is 9.51. The molecule has 24 heavy (non-hydrogen) atoms. The van der Waals surface area contributed by atoms with Gasteiger partial charge in [-0.3, -0.25) is 0 Å². The number of hydrogen-bond acceptors (Lipinski definition) is 1. The van der Waals surface area contributed by atoms with Crippen molar-refractivity contribution in [2.24, 2.45) is 0 Å². The second kappa shape index (κ2) is 4.99. The molecule has 0 spiro atoms. The number of halogens is 10. The summed E-state index contributed by atoms with van der Waals surface area (Å²) in [4.78, 5) is 0. The molecule has 136 valence electrons. The number of rotatable bonds is 3. The first kappa shape index (κ1) is 18.8. The molecule has 1 unspecified atom stereocenters. The van der Waals surface area contributed by atoms with Gasteiger partial charge in [-0.05, 0) is 17.7 Å². The summed E-state index contributed by atoms with van der Waals surface area (Å²) >= 11 is 0. The van der Waals surface area contributed by atoms with Crippen LogP contribution in [0.1, 0.15) is 18.1 Å². The summed E-state index contributed by atoms with van der Waals surface area (Å²) in [6.45, 7) is 0. The van der Waals surface area contributed by atoms with Gasteiger partial charge in [-0.2, -0.15) is 35.1 Å². The third-order valence-corrected chi connectivity index (χ3v) is 3.89. The summed E-state index contributed by atoms with van der Waals surface area (Å²) < 4.78 is 133.